The van der Waals surface area contributed by atoms with Gasteiger partial charge in [0.25, 0.3) is 0 Å². The van der Waals surface area contributed by atoms with Gasteiger partial charge < -0.3 is 9.72 Å². The number of ether oxygens (including phenoxy) is 1. The van der Waals surface area contributed by atoms with Gasteiger partial charge in [-0.05, 0) is 85.0 Å². The highest BCUT2D eigenvalue weighted by Crippen LogP contribution is 2.28. The highest BCUT2D eigenvalue weighted by molar-refractivity contribution is 5.87. The van der Waals surface area contributed by atoms with Crippen LogP contribution in [0.25, 0.3) is 17.0 Å². The Hall–Kier alpha value is -3.40. The molecule has 162 valence electrons. The Balaban J connectivity index is 1.20. The first-order valence-electron chi connectivity index (χ1n) is 11.4. The Kier molecular flexibility index (Phi) is 5.76. The quantitative estimate of drug-likeness (QED) is 0.389. The van der Waals surface area contributed by atoms with Gasteiger partial charge in [0.1, 0.15) is 11.6 Å². The lowest BCUT2D eigenvalue weighted by atomic mass is 10.0. The fourth-order valence-electron chi connectivity index (χ4n) is 4.62. The third kappa shape index (κ3) is 4.31. The lowest BCUT2D eigenvalue weighted by Crippen LogP contribution is -2.02. The topological polar surface area (TPSA) is 50.8 Å². The van der Waals surface area contributed by atoms with Crippen molar-refractivity contribution in [2.24, 2.45) is 0 Å². The Labute approximate surface area is 189 Å². The zero-order valence-electron chi connectivity index (χ0n) is 18.8. The summed E-state index contributed by atoms with van der Waals surface area (Å²) >= 11 is 0. The maximum atomic E-state index is 5.45. The van der Waals surface area contributed by atoms with Crippen LogP contribution in [-0.2, 0) is 32.1 Å². The van der Waals surface area contributed by atoms with Crippen LogP contribution in [0.4, 0.5) is 0 Å². The Morgan fingerprint density at radius 2 is 1.97 bits per heavy atom. The normalized spacial score (nSPS) is 12.4. The Morgan fingerprint density at radius 3 is 2.88 bits per heavy atom. The number of methoxy groups -OCH3 is 1. The number of aromatic amines is 1. The minimum absolute atomic E-state index is 0.882. The summed E-state index contributed by atoms with van der Waals surface area (Å²) in [6.07, 6.45) is 14.4. The van der Waals surface area contributed by atoms with Crippen molar-refractivity contribution in [2.45, 2.75) is 45.4 Å². The third-order valence-electron chi connectivity index (χ3n) is 6.41. The molecule has 0 unspecified atom stereocenters. The van der Waals surface area contributed by atoms with Gasteiger partial charge in [-0.15, -0.1) is 0 Å². The largest absolute Gasteiger partial charge is 0.497 e. The molecular weight excluding hydrogens is 394 g/mol. The fraction of sp³-hybridized carbons (Fsp3) is 0.286. The molecule has 32 heavy (non-hydrogen) atoms. The number of H-pyrrole nitrogens is 1. The zero-order valence-corrected chi connectivity index (χ0v) is 18.8. The van der Waals surface area contributed by atoms with Gasteiger partial charge in [0.15, 0.2) is 0 Å². The van der Waals surface area contributed by atoms with Gasteiger partial charge >= 0.3 is 0 Å². The number of aryl methyl sites for hydroxylation is 5. The smallest absolute Gasteiger partial charge is 0.128 e. The molecule has 2 aromatic heterocycles. The molecule has 0 fully saturated rings. The van der Waals surface area contributed by atoms with Crippen LogP contribution in [0.15, 0.2) is 54.9 Å². The molecule has 0 amide bonds. The summed E-state index contributed by atoms with van der Waals surface area (Å²) in [7, 11) is 1.72. The van der Waals surface area contributed by atoms with Crippen molar-refractivity contribution in [2.75, 3.05) is 7.11 Å². The summed E-state index contributed by atoms with van der Waals surface area (Å²) in [6.45, 7) is 2.12. The van der Waals surface area contributed by atoms with Crippen LogP contribution in [0, 0.1) is 6.92 Å². The molecular formula is C28H29N3O. The number of hydrogen-bond donors (Lipinski definition) is 1. The van der Waals surface area contributed by atoms with Gasteiger partial charge in [-0.2, -0.15) is 0 Å². The van der Waals surface area contributed by atoms with Crippen molar-refractivity contribution >= 4 is 17.0 Å². The second-order valence-electron chi connectivity index (χ2n) is 8.64. The summed E-state index contributed by atoms with van der Waals surface area (Å²) in [6, 6.07) is 13.1. The van der Waals surface area contributed by atoms with E-state index in [0.29, 0.717) is 0 Å². The predicted octanol–water partition coefficient (Wildman–Crippen LogP) is 5.80. The lowest BCUT2D eigenvalue weighted by Gasteiger charge is -2.07. The zero-order chi connectivity index (χ0) is 21.9. The van der Waals surface area contributed by atoms with Crippen LogP contribution in [0.2, 0.25) is 0 Å². The van der Waals surface area contributed by atoms with Crippen molar-refractivity contribution < 1.29 is 4.74 Å². The van der Waals surface area contributed by atoms with Gasteiger partial charge in [0, 0.05) is 35.4 Å². The fourth-order valence-corrected chi connectivity index (χ4v) is 4.62. The predicted molar refractivity (Wildman–Crippen MR) is 130 cm³/mol. The second kappa shape index (κ2) is 8.99. The standard InChI is InChI=1S/C28H29N3O/c1-19-15-25(32-2)17-26-23(18-30-28(19)26)7-4-8-27-29-14-13-24(31-27)12-10-20-9-11-21-5-3-6-22(21)16-20/h3,6,9,11,13-18,30H,4-5,7-8,10,12H2,1-2H3. The molecule has 4 heteroatoms. The molecule has 0 radical (unpaired) electrons. The number of benzene rings is 2. The van der Waals surface area contributed by atoms with E-state index in [-0.39, 0.29) is 0 Å². The number of allylic oxidation sites excluding steroid dienone is 1. The van der Waals surface area contributed by atoms with E-state index in [1.54, 1.807) is 7.11 Å². The molecule has 5 rings (SSSR count). The van der Waals surface area contributed by atoms with Crippen molar-refractivity contribution in [1.82, 2.24) is 15.0 Å². The first-order valence-corrected chi connectivity index (χ1v) is 11.4. The summed E-state index contributed by atoms with van der Waals surface area (Å²) in [5.74, 6) is 1.85. The molecule has 1 aliphatic carbocycles. The van der Waals surface area contributed by atoms with E-state index in [9.17, 15) is 0 Å². The molecule has 1 aliphatic rings. The summed E-state index contributed by atoms with van der Waals surface area (Å²) in [4.78, 5) is 12.8. The van der Waals surface area contributed by atoms with E-state index in [1.807, 2.05) is 12.3 Å². The number of nitrogens with one attached hydrogen (secondary N) is 1. The van der Waals surface area contributed by atoms with Crippen LogP contribution in [-0.4, -0.2) is 22.1 Å². The summed E-state index contributed by atoms with van der Waals surface area (Å²) < 4.78 is 5.45. The molecule has 2 aromatic carbocycles. The third-order valence-corrected chi connectivity index (χ3v) is 6.41. The molecule has 0 spiro atoms. The Bertz CT molecular complexity index is 1290. The SMILES string of the molecule is COc1cc(C)c2[nH]cc(CCCc3nccc(CCc4ccc5c(c4)C=CC5)n3)c2c1. The maximum Gasteiger partial charge on any atom is 0.128 e. The monoisotopic (exact) mass is 423 g/mol. The summed E-state index contributed by atoms with van der Waals surface area (Å²) in [5, 5.41) is 1.25. The second-order valence-corrected chi connectivity index (χ2v) is 8.64. The van der Waals surface area contributed by atoms with Gasteiger partial charge in [-0.25, -0.2) is 9.97 Å². The molecule has 1 N–H and O–H groups in total. The van der Waals surface area contributed by atoms with Crippen molar-refractivity contribution in [1.29, 1.82) is 0 Å². The average Bonchev–Trinajstić information content (AvgIpc) is 3.45. The van der Waals surface area contributed by atoms with Crippen LogP contribution >= 0.6 is 0 Å². The van der Waals surface area contributed by atoms with Crippen LogP contribution in [0.1, 0.15) is 45.8 Å². The number of rotatable bonds is 8. The minimum atomic E-state index is 0.882. The maximum absolute atomic E-state index is 5.45. The van der Waals surface area contributed by atoms with E-state index >= 15 is 0 Å². The van der Waals surface area contributed by atoms with Gasteiger partial charge in [-0.1, -0.05) is 30.4 Å². The average molecular weight is 424 g/mol. The van der Waals surface area contributed by atoms with E-state index in [2.05, 4.69) is 65.6 Å². The van der Waals surface area contributed by atoms with E-state index in [0.717, 1.165) is 55.8 Å². The molecule has 0 aliphatic heterocycles. The van der Waals surface area contributed by atoms with E-state index < -0.39 is 0 Å². The Morgan fingerprint density at radius 1 is 1.03 bits per heavy atom. The molecule has 4 aromatic rings. The highest BCUT2D eigenvalue weighted by Gasteiger charge is 2.10. The molecule has 0 saturated carbocycles. The minimum Gasteiger partial charge on any atom is -0.497 e. The molecule has 0 atom stereocenters. The van der Waals surface area contributed by atoms with Gasteiger partial charge in [-0.3, -0.25) is 0 Å². The van der Waals surface area contributed by atoms with Gasteiger partial charge in [0.05, 0.1) is 7.11 Å². The number of nitrogens with zero attached hydrogens (tertiary/aromatic N) is 2. The van der Waals surface area contributed by atoms with Crippen LogP contribution in [0.3, 0.4) is 0 Å². The summed E-state index contributed by atoms with van der Waals surface area (Å²) in [5.41, 5.74) is 9.03. The van der Waals surface area contributed by atoms with Crippen LogP contribution in [0.5, 0.6) is 5.75 Å². The number of fused-ring (bicyclic) bond motifs is 2. The molecule has 0 bridgehead atoms. The first-order chi connectivity index (χ1) is 15.7. The first kappa shape index (κ1) is 20.5. The molecule has 0 saturated heterocycles. The molecule has 4 nitrogen and oxygen atoms in total. The van der Waals surface area contributed by atoms with Crippen molar-refractivity contribution in [3.8, 4) is 5.75 Å². The van der Waals surface area contributed by atoms with Crippen molar-refractivity contribution in [3.63, 3.8) is 0 Å². The van der Waals surface area contributed by atoms with Gasteiger partial charge in [0.2, 0.25) is 0 Å². The van der Waals surface area contributed by atoms with Crippen molar-refractivity contribution in [3.05, 3.63) is 94.2 Å². The van der Waals surface area contributed by atoms with Crippen LogP contribution < -0.4 is 4.74 Å². The number of aromatic nitrogens is 3. The highest BCUT2D eigenvalue weighted by atomic mass is 16.5. The van der Waals surface area contributed by atoms with E-state index in [4.69, 9.17) is 9.72 Å². The lowest BCUT2D eigenvalue weighted by molar-refractivity contribution is 0.415. The van der Waals surface area contributed by atoms with E-state index in [1.165, 1.54) is 38.7 Å². The number of hydrogen-bond acceptors (Lipinski definition) is 3. The molecule has 2 heterocycles.